The molecule has 7 heteroatoms. The van der Waals surface area contributed by atoms with Crippen LogP contribution in [0.2, 0.25) is 0 Å². The molecule has 1 fully saturated rings. The van der Waals surface area contributed by atoms with Gasteiger partial charge in [-0.3, -0.25) is 14.5 Å². The molecule has 3 aromatic carbocycles. The second-order valence-electron chi connectivity index (χ2n) is 8.03. The molecule has 1 aliphatic rings. The molecule has 34 heavy (non-hydrogen) atoms. The van der Waals surface area contributed by atoms with Gasteiger partial charge in [0.15, 0.2) is 5.82 Å². The quantitative estimate of drug-likeness (QED) is 0.254. The minimum Gasteiger partial charge on any atom is -0.507 e. The molecule has 5 rings (SSSR count). The lowest BCUT2D eigenvalue weighted by Gasteiger charge is -2.23. The number of ether oxygens (including phenoxy) is 1. The molecule has 0 aliphatic carbocycles. The zero-order valence-electron chi connectivity index (χ0n) is 18.7. The number of Topliss-reactive ketones (excluding diaryl/α,β-unsaturated/α-hetero) is 1. The molecule has 0 radical (unpaired) electrons. The summed E-state index contributed by atoms with van der Waals surface area (Å²) < 4.78 is 10.7. The first-order chi connectivity index (χ1) is 16.5. The molecule has 1 aliphatic heterocycles. The summed E-state index contributed by atoms with van der Waals surface area (Å²) in [6, 6.07) is 20.9. The zero-order chi connectivity index (χ0) is 23.8. The largest absolute Gasteiger partial charge is 0.507 e. The molecule has 0 saturated carbocycles. The summed E-state index contributed by atoms with van der Waals surface area (Å²) in [6.07, 6.45) is 0. The van der Waals surface area contributed by atoms with Crippen molar-refractivity contribution in [1.82, 2.24) is 5.16 Å². The monoisotopic (exact) mass is 454 g/mol. The molecule has 0 bridgehead atoms. The van der Waals surface area contributed by atoms with Crippen LogP contribution in [0.25, 0.3) is 16.5 Å². The van der Waals surface area contributed by atoms with Crippen LogP contribution < -0.4 is 9.64 Å². The first kappa shape index (κ1) is 21.5. The fourth-order valence-electron chi connectivity index (χ4n) is 4.26. The molecule has 1 amide bonds. The van der Waals surface area contributed by atoms with Crippen LogP contribution in [-0.4, -0.2) is 28.6 Å². The van der Waals surface area contributed by atoms with E-state index in [1.54, 1.807) is 49.4 Å². The number of carbonyl (C=O) groups is 2. The highest BCUT2D eigenvalue weighted by molar-refractivity contribution is 6.51. The van der Waals surface area contributed by atoms with Gasteiger partial charge >= 0.3 is 5.91 Å². The van der Waals surface area contributed by atoms with Crippen molar-refractivity contribution in [1.29, 1.82) is 0 Å². The minimum atomic E-state index is -0.883. The number of amides is 1. The van der Waals surface area contributed by atoms with Crippen molar-refractivity contribution < 1.29 is 24.0 Å². The third-order valence-corrected chi connectivity index (χ3v) is 5.84. The summed E-state index contributed by atoms with van der Waals surface area (Å²) in [6.45, 7) is 4.10. The molecule has 1 N–H and O–H groups in total. The zero-order valence-corrected chi connectivity index (χ0v) is 18.7. The molecular weight excluding hydrogens is 432 g/mol. The number of ketones is 1. The van der Waals surface area contributed by atoms with Crippen LogP contribution in [-0.2, 0) is 9.59 Å². The minimum absolute atomic E-state index is 0.00917. The number of rotatable bonds is 5. The van der Waals surface area contributed by atoms with Gasteiger partial charge < -0.3 is 14.4 Å². The van der Waals surface area contributed by atoms with Crippen LogP contribution in [0.15, 0.2) is 82.9 Å². The lowest BCUT2D eigenvalue weighted by atomic mass is 9.94. The van der Waals surface area contributed by atoms with E-state index in [2.05, 4.69) is 5.16 Å². The van der Waals surface area contributed by atoms with E-state index in [4.69, 9.17) is 9.26 Å². The van der Waals surface area contributed by atoms with Gasteiger partial charge in [-0.15, -0.1) is 0 Å². The van der Waals surface area contributed by atoms with Crippen LogP contribution >= 0.6 is 0 Å². The number of aliphatic hydroxyl groups is 1. The van der Waals surface area contributed by atoms with Gasteiger partial charge in [0.2, 0.25) is 0 Å². The van der Waals surface area contributed by atoms with Crippen molar-refractivity contribution in [2.45, 2.75) is 19.9 Å². The number of hydrogen-bond donors (Lipinski definition) is 1. The van der Waals surface area contributed by atoms with E-state index in [1.807, 2.05) is 37.3 Å². The molecule has 4 aromatic rings. The average Bonchev–Trinajstić information content (AvgIpc) is 3.39. The number of hydrogen-bond acceptors (Lipinski definition) is 6. The van der Waals surface area contributed by atoms with Crippen molar-refractivity contribution >= 4 is 34.0 Å². The summed E-state index contributed by atoms with van der Waals surface area (Å²) in [5.74, 6) is -0.451. The third kappa shape index (κ3) is 3.61. The van der Waals surface area contributed by atoms with Gasteiger partial charge in [0.1, 0.15) is 17.3 Å². The Kier molecular flexibility index (Phi) is 5.37. The molecule has 1 aromatic heterocycles. The maximum Gasteiger partial charge on any atom is 0.301 e. The molecule has 170 valence electrons. The number of aliphatic hydroxyl groups excluding tert-OH is 1. The summed E-state index contributed by atoms with van der Waals surface area (Å²) in [7, 11) is 0. The maximum atomic E-state index is 13.2. The smallest absolute Gasteiger partial charge is 0.301 e. The number of nitrogens with zero attached hydrogens (tertiary/aromatic N) is 2. The van der Waals surface area contributed by atoms with Gasteiger partial charge in [-0.05, 0) is 48.4 Å². The number of carbonyl (C=O) groups excluding carboxylic acids is 2. The summed E-state index contributed by atoms with van der Waals surface area (Å²) in [5, 5.41) is 17.2. The van der Waals surface area contributed by atoms with E-state index in [0.717, 1.165) is 10.8 Å². The first-order valence-electron chi connectivity index (χ1n) is 10.9. The fourth-order valence-corrected chi connectivity index (χ4v) is 4.26. The molecule has 1 unspecified atom stereocenters. The van der Waals surface area contributed by atoms with E-state index >= 15 is 0 Å². The van der Waals surface area contributed by atoms with Crippen LogP contribution in [0.1, 0.15) is 29.9 Å². The maximum absolute atomic E-state index is 13.2. The predicted molar refractivity (Wildman–Crippen MR) is 128 cm³/mol. The topological polar surface area (TPSA) is 92.9 Å². The lowest BCUT2D eigenvalue weighted by Crippen LogP contribution is -2.29. The van der Waals surface area contributed by atoms with Gasteiger partial charge in [0, 0.05) is 11.6 Å². The van der Waals surface area contributed by atoms with Gasteiger partial charge in [-0.2, -0.15) is 0 Å². The summed E-state index contributed by atoms with van der Waals surface area (Å²) >= 11 is 0. The highest BCUT2D eigenvalue weighted by Gasteiger charge is 2.48. The normalized spacial score (nSPS) is 17.5. The molecule has 0 spiro atoms. The Bertz CT molecular complexity index is 1430. The van der Waals surface area contributed by atoms with E-state index in [-0.39, 0.29) is 17.2 Å². The van der Waals surface area contributed by atoms with Crippen molar-refractivity contribution in [2.24, 2.45) is 0 Å². The molecule has 7 nitrogen and oxygen atoms in total. The summed E-state index contributed by atoms with van der Waals surface area (Å²) in [5.41, 5.74) is 1.07. The SMILES string of the molecule is CCOc1ccc(C2C(=C(O)c3ccc4ccccc4c3)C(=O)C(=O)N2c2cc(C)on2)cc1. The van der Waals surface area contributed by atoms with Crippen LogP contribution in [0, 0.1) is 6.92 Å². The Morgan fingerprint density at radius 1 is 1.03 bits per heavy atom. The Morgan fingerprint density at radius 3 is 2.44 bits per heavy atom. The Hall–Kier alpha value is -4.39. The number of benzene rings is 3. The third-order valence-electron chi connectivity index (χ3n) is 5.84. The van der Waals surface area contributed by atoms with Crippen molar-refractivity contribution in [2.75, 3.05) is 11.5 Å². The highest BCUT2D eigenvalue weighted by atomic mass is 16.5. The number of aryl methyl sites for hydroxylation is 1. The van der Waals surface area contributed by atoms with Gasteiger partial charge in [0.25, 0.3) is 5.78 Å². The second-order valence-corrected chi connectivity index (χ2v) is 8.03. The number of fused-ring (bicyclic) bond motifs is 1. The average molecular weight is 454 g/mol. The van der Waals surface area contributed by atoms with Crippen molar-refractivity contribution in [3.63, 3.8) is 0 Å². The van der Waals surface area contributed by atoms with Gasteiger partial charge in [-0.25, -0.2) is 0 Å². The molecule has 1 saturated heterocycles. The van der Waals surface area contributed by atoms with Gasteiger partial charge in [-0.1, -0.05) is 53.7 Å². The van der Waals surface area contributed by atoms with Crippen LogP contribution in [0.3, 0.4) is 0 Å². The predicted octanol–water partition coefficient (Wildman–Crippen LogP) is 5.16. The lowest BCUT2D eigenvalue weighted by molar-refractivity contribution is -0.132. The first-order valence-corrected chi connectivity index (χ1v) is 10.9. The Morgan fingerprint density at radius 2 is 1.76 bits per heavy atom. The number of anilines is 1. The summed E-state index contributed by atoms with van der Waals surface area (Å²) in [4.78, 5) is 27.7. The van der Waals surface area contributed by atoms with Crippen LogP contribution in [0.4, 0.5) is 5.82 Å². The second kappa shape index (κ2) is 8.51. The van der Waals surface area contributed by atoms with Gasteiger partial charge in [0.05, 0.1) is 18.2 Å². The van der Waals surface area contributed by atoms with E-state index in [0.29, 0.717) is 29.2 Å². The van der Waals surface area contributed by atoms with Crippen LogP contribution in [0.5, 0.6) is 5.75 Å². The van der Waals surface area contributed by atoms with E-state index < -0.39 is 17.7 Å². The molecule has 1 atom stereocenters. The highest BCUT2D eigenvalue weighted by Crippen LogP contribution is 2.42. The van der Waals surface area contributed by atoms with E-state index in [1.165, 1.54) is 4.90 Å². The Labute approximate surface area is 195 Å². The standard InChI is InChI=1S/C27H22N2O5/c1-3-33-21-12-10-18(11-13-21)24-23(26(31)27(32)29(24)22-14-16(2)34-28-22)25(30)20-9-8-17-6-4-5-7-19(17)15-20/h4-15,24,30H,3H2,1-2H3. The van der Waals surface area contributed by atoms with E-state index in [9.17, 15) is 14.7 Å². The van der Waals surface area contributed by atoms with Crippen molar-refractivity contribution in [3.05, 3.63) is 95.3 Å². The number of aromatic nitrogens is 1. The van der Waals surface area contributed by atoms with Crippen molar-refractivity contribution in [3.8, 4) is 5.75 Å². The molecular formula is C27H22N2O5. The Balaban J connectivity index is 1.69. The fraction of sp³-hybridized carbons (Fsp3) is 0.148. The molecule has 2 heterocycles.